The van der Waals surface area contributed by atoms with Crippen molar-refractivity contribution in [3.8, 4) is 5.75 Å². The summed E-state index contributed by atoms with van der Waals surface area (Å²) in [6.07, 6.45) is 0.772. The maximum Gasteiger partial charge on any atom is 0.352 e. The number of β-lactam (4-membered cyclic amide) rings is 1. The minimum absolute atomic E-state index is 0.0637. The Morgan fingerprint density at radius 3 is 2.41 bits per heavy atom. The smallest absolute Gasteiger partial charge is 0.352 e. The number of nitrogens with zero attached hydrogens (tertiary/aromatic N) is 1. The minimum atomic E-state index is -1.17. The minimum Gasteiger partial charge on any atom is -0.497 e. The molecule has 1 heterocycles. The van der Waals surface area contributed by atoms with Gasteiger partial charge in [-0.15, -0.1) is 0 Å². The molecule has 2 amide bonds. The van der Waals surface area contributed by atoms with E-state index in [4.69, 9.17) is 4.74 Å². The van der Waals surface area contributed by atoms with E-state index < -0.39 is 24.0 Å². The van der Waals surface area contributed by atoms with E-state index in [0.29, 0.717) is 12.0 Å². The number of ether oxygens (including phenoxy) is 1. The molecular formula is C19H24N2O5S. The Kier molecular flexibility index (Phi) is 6.90. The summed E-state index contributed by atoms with van der Waals surface area (Å²) in [5.74, 6) is -0.861. The van der Waals surface area contributed by atoms with Crippen LogP contribution in [0.5, 0.6) is 5.75 Å². The second-order valence-electron chi connectivity index (χ2n) is 6.43. The van der Waals surface area contributed by atoms with E-state index in [1.165, 1.54) is 4.90 Å². The van der Waals surface area contributed by atoms with E-state index in [1.54, 1.807) is 21.0 Å². The molecule has 2 rings (SSSR count). The van der Waals surface area contributed by atoms with E-state index in [-0.39, 0.29) is 23.8 Å². The first-order valence-electron chi connectivity index (χ1n) is 8.59. The van der Waals surface area contributed by atoms with E-state index in [2.05, 4.69) is 17.9 Å². The van der Waals surface area contributed by atoms with Crippen molar-refractivity contribution in [2.75, 3.05) is 12.9 Å². The number of likely N-dealkylation sites (tertiary alicyclic amines) is 1. The Morgan fingerprint density at radius 1 is 1.30 bits per heavy atom. The first-order chi connectivity index (χ1) is 12.8. The average molecular weight is 392 g/mol. The van der Waals surface area contributed by atoms with Crippen molar-refractivity contribution in [2.45, 2.75) is 38.8 Å². The van der Waals surface area contributed by atoms with Gasteiger partial charge in [0, 0.05) is 12.2 Å². The molecule has 8 heteroatoms. The number of thiol groups is 1. The Balaban J connectivity index is 1.93. The summed E-state index contributed by atoms with van der Waals surface area (Å²) in [6.45, 7) is 3.34. The van der Waals surface area contributed by atoms with E-state index in [9.17, 15) is 19.5 Å². The monoisotopic (exact) mass is 392 g/mol. The van der Waals surface area contributed by atoms with Gasteiger partial charge in [0.1, 0.15) is 17.5 Å². The summed E-state index contributed by atoms with van der Waals surface area (Å²) in [6, 6.07) is 6.28. The van der Waals surface area contributed by atoms with Gasteiger partial charge in [-0.1, -0.05) is 12.1 Å². The van der Waals surface area contributed by atoms with Gasteiger partial charge in [-0.25, -0.2) is 4.79 Å². The largest absolute Gasteiger partial charge is 0.497 e. The van der Waals surface area contributed by atoms with Crippen LogP contribution in [0, 0.1) is 0 Å². The van der Waals surface area contributed by atoms with Crippen molar-refractivity contribution >= 4 is 30.4 Å². The molecule has 7 nitrogen and oxygen atoms in total. The van der Waals surface area contributed by atoms with E-state index in [0.717, 1.165) is 11.3 Å². The highest BCUT2D eigenvalue weighted by Gasteiger charge is 2.48. The summed E-state index contributed by atoms with van der Waals surface area (Å²) >= 11 is 4.08. The number of aliphatic carboxylic acids is 1. The van der Waals surface area contributed by atoms with Crippen LogP contribution in [-0.2, 0) is 20.8 Å². The molecule has 0 radical (unpaired) electrons. The SMILES string of the molecule is COc1ccc(CCC(=O)NC2C(=O)N(/C(C(=O)O)=C(/C)CS)C2C)cc1. The fourth-order valence-electron chi connectivity index (χ4n) is 2.98. The maximum atomic E-state index is 12.4. The van der Waals surface area contributed by atoms with Crippen LogP contribution in [-0.4, -0.2) is 52.7 Å². The summed E-state index contributed by atoms with van der Waals surface area (Å²) < 4.78 is 5.09. The Labute approximate surface area is 163 Å². The van der Waals surface area contributed by atoms with Crippen LogP contribution in [0.3, 0.4) is 0 Å². The summed E-state index contributed by atoms with van der Waals surface area (Å²) in [7, 11) is 1.59. The third kappa shape index (κ3) is 4.63. The van der Waals surface area contributed by atoms with Crippen molar-refractivity contribution in [1.82, 2.24) is 10.2 Å². The van der Waals surface area contributed by atoms with Crippen LogP contribution in [0.1, 0.15) is 25.8 Å². The average Bonchev–Trinajstić information content (AvgIpc) is 2.67. The Hall–Kier alpha value is -2.48. The third-order valence-corrected chi connectivity index (χ3v) is 5.07. The number of carboxylic acids is 1. The van der Waals surface area contributed by atoms with Crippen molar-refractivity contribution in [3.63, 3.8) is 0 Å². The fraction of sp³-hybridized carbons (Fsp3) is 0.421. The quantitative estimate of drug-likeness (QED) is 0.355. The van der Waals surface area contributed by atoms with Gasteiger partial charge in [-0.2, -0.15) is 12.6 Å². The summed E-state index contributed by atoms with van der Waals surface area (Å²) in [5.41, 5.74) is 1.42. The zero-order valence-corrected chi connectivity index (χ0v) is 16.5. The van der Waals surface area contributed by atoms with Gasteiger partial charge in [0.25, 0.3) is 5.91 Å². The summed E-state index contributed by atoms with van der Waals surface area (Å²) in [4.78, 5) is 37.3. The molecule has 0 saturated carbocycles. The highest BCUT2D eigenvalue weighted by atomic mass is 32.1. The molecule has 1 saturated heterocycles. The Bertz CT molecular complexity index is 760. The fourth-order valence-corrected chi connectivity index (χ4v) is 3.13. The molecule has 1 aliphatic heterocycles. The number of hydrogen-bond donors (Lipinski definition) is 3. The number of aryl methyl sites for hydroxylation is 1. The Morgan fingerprint density at radius 2 is 1.93 bits per heavy atom. The van der Waals surface area contributed by atoms with Gasteiger partial charge < -0.3 is 15.2 Å². The topological polar surface area (TPSA) is 95.9 Å². The predicted octanol–water partition coefficient (Wildman–Crippen LogP) is 1.63. The zero-order chi connectivity index (χ0) is 20.1. The molecule has 1 aromatic rings. The molecular weight excluding hydrogens is 368 g/mol. The van der Waals surface area contributed by atoms with Crippen molar-refractivity contribution < 1.29 is 24.2 Å². The van der Waals surface area contributed by atoms with Crippen molar-refractivity contribution in [1.29, 1.82) is 0 Å². The second-order valence-corrected chi connectivity index (χ2v) is 6.75. The van der Waals surface area contributed by atoms with Crippen molar-refractivity contribution in [3.05, 3.63) is 41.1 Å². The van der Waals surface area contributed by atoms with Gasteiger partial charge in [0.2, 0.25) is 5.91 Å². The first kappa shape index (κ1) is 20.8. The molecule has 0 bridgehead atoms. The molecule has 1 fully saturated rings. The third-order valence-electron chi connectivity index (χ3n) is 4.59. The number of carbonyl (C=O) groups is 3. The lowest BCUT2D eigenvalue weighted by atomic mass is 9.94. The van der Waals surface area contributed by atoms with Crippen LogP contribution >= 0.6 is 12.6 Å². The molecule has 2 atom stereocenters. The molecule has 27 heavy (non-hydrogen) atoms. The molecule has 0 spiro atoms. The van der Waals surface area contributed by atoms with Crippen LogP contribution in [0.25, 0.3) is 0 Å². The van der Waals surface area contributed by atoms with Crippen molar-refractivity contribution in [2.24, 2.45) is 0 Å². The van der Waals surface area contributed by atoms with Gasteiger partial charge in [-0.3, -0.25) is 14.5 Å². The molecule has 2 N–H and O–H groups in total. The lowest BCUT2D eigenvalue weighted by Crippen LogP contribution is -2.69. The lowest BCUT2D eigenvalue weighted by molar-refractivity contribution is -0.153. The standard InChI is InChI=1S/C19H24N2O5S/c1-11(10-27)17(19(24)25)21-12(2)16(18(21)23)20-15(22)9-6-13-4-7-14(26-3)8-5-13/h4-5,7-8,12,16,27H,6,9-10H2,1-3H3,(H,20,22)(H,24,25)/b17-11-. The predicted molar refractivity (Wildman–Crippen MR) is 104 cm³/mol. The number of rotatable bonds is 8. The summed E-state index contributed by atoms with van der Waals surface area (Å²) in [5, 5.41) is 12.1. The molecule has 146 valence electrons. The number of amides is 2. The molecule has 0 aliphatic carbocycles. The lowest BCUT2D eigenvalue weighted by Gasteiger charge is -2.45. The second kappa shape index (κ2) is 8.94. The van der Waals surface area contributed by atoms with Crippen LogP contribution in [0.15, 0.2) is 35.5 Å². The maximum absolute atomic E-state index is 12.4. The van der Waals surface area contributed by atoms with Gasteiger partial charge >= 0.3 is 5.97 Å². The number of carbonyl (C=O) groups excluding carboxylic acids is 2. The van der Waals surface area contributed by atoms with Crippen LogP contribution in [0.2, 0.25) is 0 Å². The van der Waals surface area contributed by atoms with Gasteiger partial charge in [-0.05, 0) is 43.5 Å². The first-order valence-corrected chi connectivity index (χ1v) is 9.22. The van der Waals surface area contributed by atoms with Gasteiger partial charge in [0.05, 0.1) is 13.2 Å². The van der Waals surface area contributed by atoms with Crippen LogP contribution in [0.4, 0.5) is 0 Å². The molecule has 1 aromatic carbocycles. The van der Waals surface area contributed by atoms with E-state index >= 15 is 0 Å². The van der Waals surface area contributed by atoms with E-state index in [1.807, 2.05) is 24.3 Å². The number of benzene rings is 1. The highest BCUT2D eigenvalue weighted by Crippen LogP contribution is 2.27. The highest BCUT2D eigenvalue weighted by molar-refractivity contribution is 7.80. The zero-order valence-electron chi connectivity index (χ0n) is 15.6. The number of nitrogens with one attached hydrogen (secondary N) is 1. The number of hydrogen-bond acceptors (Lipinski definition) is 5. The van der Waals surface area contributed by atoms with Crippen LogP contribution < -0.4 is 10.1 Å². The normalized spacial score (nSPS) is 19.9. The molecule has 2 unspecified atom stereocenters. The van der Waals surface area contributed by atoms with Gasteiger partial charge in [0.15, 0.2) is 0 Å². The number of methoxy groups -OCH3 is 1. The number of carboxylic acid groups (broad SMARTS) is 1. The molecule has 1 aliphatic rings. The molecule has 0 aromatic heterocycles.